The van der Waals surface area contributed by atoms with Crippen LogP contribution in [-0.2, 0) is 0 Å². The first-order chi connectivity index (χ1) is 8.75. The Morgan fingerprint density at radius 1 is 1.33 bits per heavy atom. The molecule has 2 rings (SSSR count). The van der Waals surface area contributed by atoms with E-state index in [4.69, 9.17) is 16.3 Å². The van der Waals surface area contributed by atoms with Crippen LogP contribution in [0.15, 0.2) is 18.2 Å². The van der Waals surface area contributed by atoms with Crippen molar-refractivity contribution in [3.8, 4) is 5.75 Å². The van der Waals surface area contributed by atoms with Crippen molar-refractivity contribution in [3.05, 3.63) is 29.0 Å². The quantitative estimate of drug-likeness (QED) is 0.795. The maximum Gasteiger partial charge on any atom is 0.145 e. The second-order valence-corrected chi connectivity index (χ2v) is 5.12. The summed E-state index contributed by atoms with van der Waals surface area (Å²) >= 11 is 5.60. The van der Waals surface area contributed by atoms with Gasteiger partial charge in [0.15, 0.2) is 0 Å². The molecule has 0 bridgehead atoms. The molecule has 1 fully saturated rings. The lowest BCUT2D eigenvalue weighted by molar-refractivity contribution is 0.303. The number of halogens is 2. The third-order valence-corrected chi connectivity index (χ3v) is 3.58. The van der Waals surface area contributed by atoms with Crippen molar-refractivity contribution in [2.45, 2.75) is 38.1 Å². The number of rotatable bonds is 6. The third-order valence-electron chi connectivity index (χ3n) is 3.27. The van der Waals surface area contributed by atoms with Gasteiger partial charge in [-0.05, 0) is 37.9 Å². The van der Waals surface area contributed by atoms with Crippen LogP contribution in [0.2, 0.25) is 5.02 Å². The Kier molecular flexibility index (Phi) is 5.26. The van der Waals surface area contributed by atoms with Crippen LogP contribution in [-0.4, -0.2) is 19.2 Å². The summed E-state index contributed by atoms with van der Waals surface area (Å²) in [6, 6.07) is 5.23. The third kappa shape index (κ3) is 4.14. The van der Waals surface area contributed by atoms with Crippen LogP contribution in [0.3, 0.4) is 0 Å². The van der Waals surface area contributed by atoms with Crippen LogP contribution < -0.4 is 10.1 Å². The summed E-state index contributed by atoms with van der Waals surface area (Å²) in [6.07, 6.45) is 6.21. The van der Waals surface area contributed by atoms with Gasteiger partial charge >= 0.3 is 0 Å². The molecule has 1 N–H and O–H groups in total. The van der Waals surface area contributed by atoms with Gasteiger partial charge in [-0.25, -0.2) is 4.39 Å². The molecule has 4 heteroatoms. The van der Waals surface area contributed by atoms with E-state index in [2.05, 4.69) is 5.32 Å². The van der Waals surface area contributed by atoms with Crippen LogP contribution in [0, 0.1) is 5.82 Å². The molecule has 1 aliphatic carbocycles. The predicted octanol–water partition coefficient (Wildman–Crippen LogP) is 3.78. The fourth-order valence-electron chi connectivity index (χ4n) is 2.26. The largest absolute Gasteiger partial charge is 0.493 e. The van der Waals surface area contributed by atoms with Crippen molar-refractivity contribution in [2.75, 3.05) is 13.2 Å². The van der Waals surface area contributed by atoms with Gasteiger partial charge in [-0.2, -0.15) is 0 Å². The lowest BCUT2D eigenvalue weighted by Gasteiger charge is -2.12. The molecule has 0 unspecified atom stereocenters. The van der Waals surface area contributed by atoms with Gasteiger partial charge in [-0.15, -0.1) is 0 Å². The monoisotopic (exact) mass is 271 g/mol. The minimum absolute atomic E-state index is 0.130. The van der Waals surface area contributed by atoms with Crippen molar-refractivity contribution < 1.29 is 9.13 Å². The summed E-state index contributed by atoms with van der Waals surface area (Å²) in [5.74, 6) is 0.107. The number of hydrogen-bond acceptors (Lipinski definition) is 2. The van der Waals surface area contributed by atoms with Crippen LogP contribution >= 0.6 is 11.6 Å². The maximum absolute atomic E-state index is 13.1. The van der Waals surface area contributed by atoms with Crippen molar-refractivity contribution >= 4 is 11.6 Å². The van der Waals surface area contributed by atoms with Gasteiger partial charge in [-0.1, -0.05) is 24.4 Å². The molecule has 0 amide bonds. The second-order valence-electron chi connectivity index (χ2n) is 4.71. The average Bonchev–Trinajstić information content (AvgIpc) is 2.86. The smallest absolute Gasteiger partial charge is 0.145 e. The molecule has 0 spiro atoms. The Hall–Kier alpha value is -0.800. The SMILES string of the molecule is Fc1cc(OCCCNC2CCCC2)ccc1Cl. The van der Waals surface area contributed by atoms with E-state index in [1.54, 1.807) is 6.07 Å². The fourth-order valence-corrected chi connectivity index (χ4v) is 2.38. The van der Waals surface area contributed by atoms with Crippen molar-refractivity contribution in [1.29, 1.82) is 0 Å². The summed E-state index contributed by atoms with van der Waals surface area (Å²) in [5.41, 5.74) is 0. The number of hydrogen-bond donors (Lipinski definition) is 1. The molecule has 1 aliphatic rings. The summed E-state index contributed by atoms with van der Waals surface area (Å²) in [5, 5.41) is 3.64. The molecule has 1 aromatic carbocycles. The van der Waals surface area contributed by atoms with E-state index in [-0.39, 0.29) is 5.02 Å². The standard InChI is InChI=1S/C14H19ClFNO/c15-13-7-6-12(10-14(13)16)18-9-3-8-17-11-4-1-2-5-11/h6-7,10-11,17H,1-5,8-9H2. The van der Waals surface area contributed by atoms with E-state index in [9.17, 15) is 4.39 Å². The topological polar surface area (TPSA) is 21.3 Å². The van der Waals surface area contributed by atoms with Gasteiger partial charge in [0.25, 0.3) is 0 Å². The molecule has 18 heavy (non-hydrogen) atoms. The zero-order chi connectivity index (χ0) is 12.8. The Labute approximate surface area is 112 Å². The van der Waals surface area contributed by atoms with Crippen LogP contribution in [0.25, 0.3) is 0 Å². The van der Waals surface area contributed by atoms with Crippen molar-refractivity contribution in [2.24, 2.45) is 0 Å². The first kappa shape index (κ1) is 13.6. The van der Waals surface area contributed by atoms with E-state index < -0.39 is 5.82 Å². The summed E-state index contributed by atoms with van der Waals surface area (Å²) < 4.78 is 18.6. The summed E-state index contributed by atoms with van der Waals surface area (Å²) in [7, 11) is 0. The minimum atomic E-state index is -0.432. The van der Waals surface area contributed by atoms with Crippen LogP contribution in [0.4, 0.5) is 4.39 Å². The molecular formula is C14H19ClFNO. The van der Waals surface area contributed by atoms with Gasteiger partial charge in [0.2, 0.25) is 0 Å². The van der Waals surface area contributed by atoms with E-state index in [1.807, 2.05) is 0 Å². The number of benzene rings is 1. The van der Waals surface area contributed by atoms with Crippen LogP contribution in [0.5, 0.6) is 5.75 Å². The van der Waals surface area contributed by atoms with Gasteiger partial charge in [-0.3, -0.25) is 0 Å². The lowest BCUT2D eigenvalue weighted by Crippen LogP contribution is -2.27. The first-order valence-corrected chi connectivity index (χ1v) is 6.95. The molecule has 0 saturated heterocycles. The summed E-state index contributed by atoms with van der Waals surface area (Å²) in [4.78, 5) is 0. The highest BCUT2D eigenvalue weighted by molar-refractivity contribution is 6.30. The highest BCUT2D eigenvalue weighted by Crippen LogP contribution is 2.20. The number of nitrogens with one attached hydrogen (secondary N) is 1. The highest BCUT2D eigenvalue weighted by Gasteiger charge is 2.13. The molecule has 0 aliphatic heterocycles. The minimum Gasteiger partial charge on any atom is -0.493 e. The van der Waals surface area contributed by atoms with Crippen molar-refractivity contribution in [3.63, 3.8) is 0 Å². The zero-order valence-electron chi connectivity index (χ0n) is 10.4. The molecule has 0 heterocycles. The first-order valence-electron chi connectivity index (χ1n) is 6.57. The van der Waals surface area contributed by atoms with Crippen molar-refractivity contribution in [1.82, 2.24) is 5.32 Å². The zero-order valence-corrected chi connectivity index (χ0v) is 11.2. The van der Waals surface area contributed by atoms with Gasteiger partial charge in [0, 0.05) is 12.1 Å². The highest BCUT2D eigenvalue weighted by atomic mass is 35.5. The van der Waals surface area contributed by atoms with E-state index >= 15 is 0 Å². The van der Waals surface area contributed by atoms with E-state index in [1.165, 1.54) is 37.8 Å². The fraction of sp³-hybridized carbons (Fsp3) is 0.571. The Balaban J connectivity index is 1.61. The number of ether oxygens (including phenoxy) is 1. The molecule has 0 atom stereocenters. The predicted molar refractivity (Wildman–Crippen MR) is 71.8 cm³/mol. The van der Waals surface area contributed by atoms with Gasteiger partial charge < -0.3 is 10.1 Å². The average molecular weight is 272 g/mol. The summed E-state index contributed by atoms with van der Waals surface area (Å²) in [6.45, 7) is 1.56. The van der Waals surface area contributed by atoms with E-state index in [0.717, 1.165) is 13.0 Å². The lowest BCUT2D eigenvalue weighted by atomic mass is 10.2. The molecule has 1 saturated carbocycles. The molecular weight excluding hydrogens is 253 g/mol. The molecule has 1 aromatic rings. The van der Waals surface area contributed by atoms with E-state index in [0.29, 0.717) is 18.4 Å². The maximum atomic E-state index is 13.1. The molecule has 0 radical (unpaired) electrons. The molecule has 2 nitrogen and oxygen atoms in total. The Morgan fingerprint density at radius 2 is 2.11 bits per heavy atom. The normalized spacial score (nSPS) is 16.1. The Morgan fingerprint density at radius 3 is 2.83 bits per heavy atom. The Bertz CT molecular complexity index is 380. The molecule has 100 valence electrons. The van der Waals surface area contributed by atoms with Gasteiger partial charge in [0.1, 0.15) is 11.6 Å². The van der Waals surface area contributed by atoms with Crippen LogP contribution in [0.1, 0.15) is 32.1 Å². The van der Waals surface area contributed by atoms with Gasteiger partial charge in [0.05, 0.1) is 11.6 Å². The molecule has 0 aromatic heterocycles. The second kappa shape index (κ2) is 6.95.